The van der Waals surface area contributed by atoms with Crippen LogP contribution in [-0.4, -0.2) is 52.1 Å². The normalized spacial score (nSPS) is 11.9. The summed E-state index contributed by atoms with van der Waals surface area (Å²) in [6, 6.07) is 27.7. The van der Waals surface area contributed by atoms with E-state index in [-0.39, 0.29) is 24.8 Å². The number of benzene rings is 4. The topological polar surface area (TPSA) is 123 Å². The number of hydrogen-bond donors (Lipinski definition) is 3. The van der Waals surface area contributed by atoms with Gasteiger partial charge >= 0.3 is 5.97 Å². The largest absolute Gasteiger partial charge is 0.492 e. The molecule has 0 aliphatic rings. The van der Waals surface area contributed by atoms with E-state index in [2.05, 4.69) is 10.0 Å². The van der Waals surface area contributed by atoms with Crippen LogP contribution in [-0.2, 0) is 21.4 Å². The molecular weight excluding hydrogens is 580 g/mol. The van der Waals surface area contributed by atoms with Gasteiger partial charge in [0.1, 0.15) is 24.7 Å². The SMILES string of the molecule is CCOC(=O)c1ccc(-c2ccc(OCCNC[C@H](O)c3ccc(OCc4ccccc4)c(NS(C)(=O)=O)c3)cc2)c(C)c1. The molecule has 0 aliphatic heterocycles. The molecule has 0 saturated carbocycles. The smallest absolute Gasteiger partial charge is 0.338 e. The molecule has 0 heterocycles. The van der Waals surface area contributed by atoms with Gasteiger partial charge in [-0.3, -0.25) is 4.72 Å². The Bertz CT molecular complexity index is 1640. The zero-order chi connectivity index (χ0) is 31.5. The average molecular weight is 619 g/mol. The van der Waals surface area contributed by atoms with Gasteiger partial charge in [0.05, 0.1) is 30.2 Å². The molecule has 9 nitrogen and oxygen atoms in total. The monoisotopic (exact) mass is 618 g/mol. The molecule has 0 spiro atoms. The lowest BCUT2D eigenvalue weighted by Crippen LogP contribution is -2.26. The van der Waals surface area contributed by atoms with Crippen molar-refractivity contribution >= 4 is 21.7 Å². The molecule has 3 N–H and O–H groups in total. The van der Waals surface area contributed by atoms with E-state index in [4.69, 9.17) is 14.2 Å². The Morgan fingerprint density at radius 2 is 1.68 bits per heavy atom. The molecule has 44 heavy (non-hydrogen) atoms. The number of sulfonamides is 1. The number of carbonyl (C=O) groups excluding carboxylic acids is 1. The summed E-state index contributed by atoms with van der Waals surface area (Å²) in [6.07, 6.45) is 0.189. The van der Waals surface area contributed by atoms with Crippen molar-refractivity contribution in [3.63, 3.8) is 0 Å². The van der Waals surface area contributed by atoms with Crippen LogP contribution in [0.1, 0.15) is 40.1 Å². The van der Waals surface area contributed by atoms with Crippen molar-refractivity contribution < 1.29 is 32.5 Å². The fourth-order valence-corrected chi connectivity index (χ4v) is 5.11. The number of nitrogens with one attached hydrogen (secondary N) is 2. The zero-order valence-electron chi connectivity index (χ0n) is 25.1. The molecule has 1 atom stereocenters. The Labute approximate surface area is 258 Å². The number of esters is 1. The summed E-state index contributed by atoms with van der Waals surface area (Å²) < 4.78 is 43.2. The van der Waals surface area contributed by atoms with Gasteiger partial charge in [0, 0.05) is 13.1 Å². The highest BCUT2D eigenvalue weighted by Gasteiger charge is 2.15. The Balaban J connectivity index is 1.27. The third-order valence-electron chi connectivity index (χ3n) is 6.71. The molecule has 0 bridgehead atoms. The first kappa shape index (κ1) is 32.5. The first-order valence-corrected chi connectivity index (χ1v) is 16.2. The van der Waals surface area contributed by atoms with E-state index < -0.39 is 16.1 Å². The molecule has 0 saturated heterocycles. The van der Waals surface area contributed by atoms with Gasteiger partial charge in [0.25, 0.3) is 0 Å². The van der Waals surface area contributed by atoms with Crippen LogP contribution >= 0.6 is 0 Å². The molecule has 0 aliphatic carbocycles. The molecule has 0 fully saturated rings. The third-order valence-corrected chi connectivity index (χ3v) is 7.30. The standard InChI is InChI=1S/C34H38N2O7S/c1-4-41-34(38)28-12-16-30(24(2)20-28)26-10-14-29(15-11-26)42-19-18-35-22-32(37)27-13-17-33(31(21-27)36-44(3,39)40)43-23-25-8-6-5-7-9-25/h5-17,20-21,32,35-37H,4,18-19,22-23H2,1-3H3/t32-/m0/s1. The summed E-state index contributed by atoms with van der Waals surface area (Å²) in [5.74, 6) is 0.744. The van der Waals surface area contributed by atoms with Crippen LogP contribution in [0.4, 0.5) is 5.69 Å². The van der Waals surface area contributed by atoms with Gasteiger partial charge < -0.3 is 24.6 Å². The molecule has 0 aromatic heterocycles. The van der Waals surface area contributed by atoms with E-state index in [1.54, 1.807) is 31.2 Å². The second kappa shape index (κ2) is 15.4. The highest BCUT2D eigenvalue weighted by Crippen LogP contribution is 2.30. The van der Waals surface area contributed by atoms with Crippen LogP contribution in [0.2, 0.25) is 0 Å². The number of carbonyl (C=O) groups is 1. The van der Waals surface area contributed by atoms with E-state index in [0.29, 0.717) is 42.4 Å². The summed E-state index contributed by atoms with van der Waals surface area (Å²) in [4.78, 5) is 12.0. The number of ether oxygens (including phenoxy) is 3. The van der Waals surface area contributed by atoms with E-state index >= 15 is 0 Å². The number of anilines is 1. The lowest BCUT2D eigenvalue weighted by Gasteiger charge is -2.17. The van der Waals surface area contributed by atoms with Crippen molar-refractivity contribution in [2.75, 3.05) is 37.3 Å². The van der Waals surface area contributed by atoms with E-state index in [9.17, 15) is 18.3 Å². The van der Waals surface area contributed by atoms with Crippen molar-refractivity contribution in [2.24, 2.45) is 0 Å². The number of aliphatic hydroxyl groups excluding tert-OH is 1. The van der Waals surface area contributed by atoms with Gasteiger partial charge in [-0.1, -0.05) is 54.6 Å². The number of rotatable bonds is 15. The van der Waals surface area contributed by atoms with Gasteiger partial charge in [-0.05, 0) is 78.1 Å². The Hall–Kier alpha value is -4.38. The molecule has 10 heteroatoms. The minimum atomic E-state index is -3.56. The Kier molecular flexibility index (Phi) is 11.4. The third kappa shape index (κ3) is 9.57. The van der Waals surface area contributed by atoms with Crippen molar-refractivity contribution in [3.8, 4) is 22.6 Å². The number of aryl methyl sites for hydroxylation is 1. The summed E-state index contributed by atoms with van der Waals surface area (Å²) >= 11 is 0. The Morgan fingerprint density at radius 1 is 0.932 bits per heavy atom. The summed E-state index contributed by atoms with van der Waals surface area (Å²) in [6.45, 7) is 5.46. The lowest BCUT2D eigenvalue weighted by atomic mass is 9.98. The first-order valence-electron chi connectivity index (χ1n) is 14.3. The summed E-state index contributed by atoms with van der Waals surface area (Å²) in [5, 5.41) is 13.9. The van der Waals surface area contributed by atoms with Crippen LogP contribution in [0.15, 0.2) is 91.0 Å². The lowest BCUT2D eigenvalue weighted by molar-refractivity contribution is 0.0526. The molecular formula is C34H38N2O7S. The van der Waals surface area contributed by atoms with Gasteiger partial charge in [-0.15, -0.1) is 0 Å². The summed E-state index contributed by atoms with van der Waals surface area (Å²) in [5.41, 5.74) is 5.27. The van der Waals surface area contributed by atoms with Crippen LogP contribution in [0, 0.1) is 6.92 Å². The number of hydrogen-bond acceptors (Lipinski definition) is 8. The maximum Gasteiger partial charge on any atom is 0.338 e. The van der Waals surface area contributed by atoms with E-state index in [1.807, 2.05) is 73.7 Å². The highest BCUT2D eigenvalue weighted by molar-refractivity contribution is 7.92. The number of aliphatic hydroxyl groups is 1. The predicted molar refractivity (Wildman–Crippen MR) is 172 cm³/mol. The molecule has 0 amide bonds. The minimum Gasteiger partial charge on any atom is -0.492 e. The average Bonchev–Trinajstić information content (AvgIpc) is 3.00. The first-order chi connectivity index (χ1) is 21.1. The fourth-order valence-electron chi connectivity index (χ4n) is 4.55. The maximum atomic E-state index is 12.0. The second-order valence-electron chi connectivity index (χ2n) is 10.2. The van der Waals surface area contributed by atoms with Crippen molar-refractivity contribution in [1.29, 1.82) is 0 Å². The predicted octanol–water partition coefficient (Wildman–Crippen LogP) is 5.49. The van der Waals surface area contributed by atoms with Crippen LogP contribution in [0.3, 0.4) is 0 Å². The highest BCUT2D eigenvalue weighted by atomic mass is 32.2. The quantitative estimate of drug-likeness (QED) is 0.118. The van der Waals surface area contributed by atoms with Gasteiger partial charge in [0.15, 0.2) is 0 Å². The van der Waals surface area contributed by atoms with Gasteiger partial charge in [0.2, 0.25) is 10.0 Å². The molecule has 0 unspecified atom stereocenters. The van der Waals surface area contributed by atoms with E-state index in [1.165, 1.54) is 0 Å². The van der Waals surface area contributed by atoms with Crippen molar-refractivity contribution in [3.05, 3.63) is 113 Å². The van der Waals surface area contributed by atoms with Crippen molar-refractivity contribution in [2.45, 2.75) is 26.6 Å². The molecule has 4 aromatic carbocycles. The zero-order valence-corrected chi connectivity index (χ0v) is 25.9. The fraction of sp³-hybridized carbons (Fsp3) is 0.265. The van der Waals surface area contributed by atoms with Gasteiger partial charge in [-0.25, -0.2) is 13.2 Å². The molecule has 4 rings (SSSR count). The van der Waals surface area contributed by atoms with Crippen LogP contribution in [0.25, 0.3) is 11.1 Å². The molecule has 232 valence electrons. The van der Waals surface area contributed by atoms with Crippen molar-refractivity contribution in [1.82, 2.24) is 5.32 Å². The van der Waals surface area contributed by atoms with Crippen LogP contribution in [0.5, 0.6) is 11.5 Å². The maximum absolute atomic E-state index is 12.0. The molecule has 4 aromatic rings. The van der Waals surface area contributed by atoms with Gasteiger partial charge in [-0.2, -0.15) is 0 Å². The second-order valence-corrected chi connectivity index (χ2v) is 12.0. The minimum absolute atomic E-state index is 0.242. The van der Waals surface area contributed by atoms with Crippen LogP contribution < -0.4 is 19.5 Å². The summed E-state index contributed by atoms with van der Waals surface area (Å²) in [7, 11) is -3.56. The van der Waals surface area contributed by atoms with E-state index in [0.717, 1.165) is 28.5 Å². The Morgan fingerprint density at radius 3 is 2.36 bits per heavy atom. The molecule has 0 radical (unpaired) electrons.